The maximum Gasteiger partial charge on any atom is 0.305 e. The normalized spacial score (nSPS) is 11.6. The molecule has 0 fully saturated rings. The topological polar surface area (TPSA) is 84.9 Å². The second kappa shape index (κ2) is 9.48. The molecular formula is C19H19Cl2NO5. The lowest BCUT2D eigenvalue weighted by atomic mass is 10.0. The highest BCUT2D eigenvalue weighted by Crippen LogP contribution is 2.31. The Kier molecular flexibility index (Phi) is 7.33. The molecule has 6 nitrogen and oxygen atoms in total. The number of ether oxygens (including phenoxy) is 2. The van der Waals surface area contributed by atoms with Gasteiger partial charge in [-0.2, -0.15) is 0 Å². The fourth-order valence-corrected chi connectivity index (χ4v) is 3.01. The van der Waals surface area contributed by atoms with E-state index >= 15 is 0 Å². The average molecular weight is 412 g/mol. The summed E-state index contributed by atoms with van der Waals surface area (Å²) in [7, 11) is 1.49. The molecule has 2 aromatic rings. The molecule has 2 rings (SSSR count). The summed E-state index contributed by atoms with van der Waals surface area (Å²) in [5, 5.41) is 12.5. The molecule has 8 heteroatoms. The summed E-state index contributed by atoms with van der Waals surface area (Å²) in [6, 6.07) is 8.68. The number of amides is 1. The minimum Gasteiger partial charge on any atom is -0.493 e. The van der Waals surface area contributed by atoms with Gasteiger partial charge >= 0.3 is 5.97 Å². The lowest BCUT2D eigenvalue weighted by Crippen LogP contribution is -2.30. The Hall–Kier alpha value is -2.44. The van der Waals surface area contributed by atoms with E-state index in [9.17, 15) is 14.7 Å². The molecule has 0 unspecified atom stereocenters. The van der Waals surface area contributed by atoms with Crippen LogP contribution in [0.25, 0.3) is 0 Å². The Morgan fingerprint density at radius 1 is 1.15 bits per heavy atom. The van der Waals surface area contributed by atoms with Gasteiger partial charge in [0.25, 0.3) is 5.91 Å². The van der Waals surface area contributed by atoms with Crippen molar-refractivity contribution in [2.45, 2.75) is 19.4 Å². The zero-order chi connectivity index (χ0) is 20.0. The van der Waals surface area contributed by atoms with Crippen LogP contribution in [0.2, 0.25) is 10.0 Å². The van der Waals surface area contributed by atoms with Gasteiger partial charge in [0.1, 0.15) is 0 Å². The SMILES string of the molecule is CCOc1ccc([C@@H](CC(=O)O)NC(=O)c2ccc(Cl)cc2Cl)cc1OC. The number of halogens is 2. The van der Waals surface area contributed by atoms with Crippen LogP contribution >= 0.6 is 23.2 Å². The van der Waals surface area contributed by atoms with Gasteiger partial charge in [-0.1, -0.05) is 29.3 Å². The lowest BCUT2D eigenvalue weighted by Gasteiger charge is -2.20. The highest BCUT2D eigenvalue weighted by molar-refractivity contribution is 6.36. The van der Waals surface area contributed by atoms with Gasteiger partial charge in [-0.05, 0) is 42.8 Å². The van der Waals surface area contributed by atoms with Crippen LogP contribution in [0.15, 0.2) is 36.4 Å². The summed E-state index contributed by atoms with van der Waals surface area (Å²) in [4.78, 5) is 23.9. The molecule has 0 spiro atoms. The molecule has 144 valence electrons. The van der Waals surface area contributed by atoms with Crippen LogP contribution in [-0.2, 0) is 4.79 Å². The fraction of sp³-hybridized carbons (Fsp3) is 0.263. The van der Waals surface area contributed by atoms with Crippen LogP contribution in [0.3, 0.4) is 0 Å². The third kappa shape index (κ3) is 5.52. The number of carbonyl (C=O) groups is 2. The number of aliphatic carboxylic acids is 1. The number of benzene rings is 2. The van der Waals surface area contributed by atoms with Crippen LogP contribution in [0.4, 0.5) is 0 Å². The van der Waals surface area contributed by atoms with E-state index in [1.54, 1.807) is 18.2 Å². The van der Waals surface area contributed by atoms with Crippen molar-refractivity contribution < 1.29 is 24.2 Å². The van der Waals surface area contributed by atoms with Gasteiger partial charge in [-0.3, -0.25) is 9.59 Å². The van der Waals surface area contributed by atoms with Crippen LogP contribution in [0, 0.1) is 0 Å². The van der Waals surface area contributed by atoms with Gasteiger partial charge in [-0.15, -0.1) is 0 Å². The number of rotatable bonds is 8. The Balaban J connectivity index is 2.32. The molecule has 0 saturated carbocycles. The minimum atomic E-state index is -1.06. The highest BCUT2D eigenvalue weighted by Gasteiger charge is 2.22. The number of hydrogen-bond donors (Lipinski definition) is 2. The van der Waals surface area contributed by atoms with Crippen molar-refractivity contribution >= 4 is 35.1 Å². The molecule has 0 aliphatic rings. The van der Waals surface area contributed by atoms with Gasteiger partial charge < -0.3 is 19.9 Å². The number of hydrogen-bond acceptors (Lipinski definition) is 4. The first kappa shape index (κ1) is 20.9. The maximum atomic E-state index is 12.6. The lowest BCUT2D eigenvalue weighted by molar-refractivity contribution is -0.137. The third-order valence-corrected chi connectivity index (χ3v) is 4.30. The van der Waals surface area contributed by atoms with Gasteiger partial charge in [0, 0.05) is 5.02 Å². The largest absolute Gasteiger partial charge is 0.493 e. The Labute approximate surface area is 167 Å². The summed E-state index contributed by atoms with van der Waals surface area (Å²) in [5.41, 5.74) is 0.769. The first-order chi connectivity index (χ1) is 12.8. The first-order valence-electron chi connectivity index (χ1n) is 8.14. The molecule has 27 heavy (non-hydrogen) atoms. The smallest absolute Gasteiger partial charge is 0.305 e. The number of carboxylic acids is 1. The molecule has 0 aliphatic carbocycles. The van der Waals surface area contributed by atoms with E-state index in [1.807, 2.05) is 6.92 Å². The maximum absolute atomic E-state index is 12.6. The van der Waals surface area contributed by atoms with Crippen LogP contribution < -0.4 is 14.8 Å². The predicted molar refractivity (Wildman–Crippen MR) is 103 cm³/mol. The van der Waals surface area contributed by atoms with Crippen molar-refractivity contribution in [1.29, 1.82) is 0 Å². The van der Waals surface area contributed by atoms with Crippen molar-refractivity contribution in [2.75, 3.05) is 13.7 Å². The van der Waals surface area contributed by atoms with E-state index in [-0.39, 0.29) is 17.0 Å². The summed E-state index contributed by atoms with van der Waals surface area (Å²) in [6.45, 7) is 2.30. The van der Waals surface area contributed by atoms with Crippen molar-refractivity contribution in [3.8, 4) is 11.5 Å². The fourth-order valence-electron chi connectivity index (χ4n) is 2.51. The van der Waals surface area contributed by atoms with E-state index < -0.39 is 17.9 Å². The second-order valence-corrected chi connectivity index (χ2v) is 6.44. The summed E-state index contributed by atoms with van der Waals surface area (Å²) < 4.78 is 10.8. The summed E-state index contributed by atoms with van der Waals surface area (Å²) in [5.74, 6) is -0.584. The Morgan fingerprint density at radius 2 is 1.89 bits per heavy atom. The van der Waals surface area contributed by atoms with Crippen LogP contribution in [-0.4, -0.2) is 30.7 Å². The zero-order valence-corrected chi connectivity index (χ0v) is 16.3. The van der Waals surface area contributed by atoms with E-state index in [0.717, 1.165) is 0 Å². The molecule has 0 aromatic heterocycles. The number of carboxylic acid groups (broad SMARTS) is 1. The quantitative estimate of drug-likeness (QED) is 0.674. The molecule has 2 aromatic carbocycles. The van der Waals surface area contributed by atoms with Crippen molar-refractivity contribution in [1.82, 2.24) is 5.32 Å². The molecular weight excluding hydrogens is 393 g/mol. The third-order valence-electron chi connectivity index (χ3n) is 3.75. The first-order valence-corrected chi connectivity index (χ1v) is 8.89. The van der Waals surface area contributed by atoms with Crippen molar-refractivity contribution in [3.63, 3.8) is 0 Å². The van der Waals surface area contributed by atoms with E-state index in [1.165, 1.54) is 25.3 Å². The molecule has 2 N–H and O–H groups in total. The highest BCUT2D eigenvalue weighted by atomic mass is 35.5. The van der Waals surface area contributed by atoms with E-state index in [4.69, 9.17) is 32.7 Å². The molecule has 0 bridgehead atoms. The molecule has 0 aliphatic heterocycles. The Morgan fingerprint density at radius 3 is 2.48 bits per heavy atom. The molecule has 1 amide bonds. The Bertz CT molecular complexity index is 841. The predicted octanol–water partition coefficient (Wildman–Crippen LogP) is 4.35. The van der Waals surface area contributed by atoms with Crippen molar-refractivity contribution in [2.24, 2.45) is 0 Å². The molecule has 0 radical (unpaired) electrons. The van der Waals surface area contributed by atoms with Crippen molar-refractivity contribution in [3.05, 3.63) is 57.6 Å². The van der Waals surface area contributed by atoms with Gasteiger partial charge in [0.15, 0.2) is 11.5 Å². The van der Waals surface area contributed by atoms with Gasteiger partial charge in [0.2, 0.25) is 0 Å². The van der Waals surface area contributed by atoms with E-state index in [0.29, 0.717) is 28.7 Å². The molecule has 0 saturated heterocycles. The van der Waals surface area contributed by atoms with E-state index in [2.05, 4.69) is 5.32 Å². The number of nitrogens with one attached hydrogen (secondary N) is 1. The molecule has 1 atom stereocenters. The average Bonchev–Trinajstić information content (AvgIpc) is 2.61. The minimum absolute atomic E-state index is 0.179. The summed E-state index contributed by atoms with van der Waals surface area (Å²) >= 11 is 11.9. The number of carbonyl (C=O) groups excluding carboxylic acids is 1. The number of methoxy groups -OCH3 is 1. The second-order valence-electron chi connectivity index (χ2n) is 5.59. The zero-order valence-electron chi connectivity index (χ0n) is 14.8. The van der Waals surface area contributed by atoms with Gasteiger partial charge in [0.05, 0.1) is 36.8 Å². The summed E-state index contributed by atoms with van der Waals surface area (Å²) in [6.07, 6.45) is -0.311. The standard InChI is InChI=1S/C19H19Cl2NO5/c1-3-27-16-7-4-11(8-17(16)26-2)15(10-18(23)24)22-19(25)13-6-5-12(20)9-14(13)21/h4-9,15H,3,10H2,1-2H3,(H,22,25)(H,23,24)/t15-/m1/s1. The monoisotopic (exact) mass is 411 g/mol. The van der Waals surface area contributed by atoms with Crippen LogP contribution in [0.5, 0.6) is 11.5 Å². The van der Waals surface area contributed by atoms with Gasteiger partial charge in [-0.25, -0.2) is 0 Å². The molecule has 0 heterocycles. The van der Waals surface area contributed by atoms with Crippen LogP contribution in [0.1, 0.15) is 35.3 Å².